The molecular formula is C99H173N4Se2Sn2. The third-order valence-electron chi connectivity index (χ3n) is 26.9. The van der Waals surface area contributed by atoms with Crippen LogP contribution in [0, 0.1) is 5.41 Å². The van der Waals surface area contributed by atoms with E-state index in [1.165, 1.54) is 465 Å². The molecule has 3 aliphatic rings. The van der Waals surface area contributed by atoms with E-state index in [0.717, 1.165) is 11.4 Å². The summed E-state index contributed by atoms with van der Waals surface area (Å²) in [4.78, 5) is 8.01. The van der Waals surface area contributed by atoms with Crippen molar-refractivity contribution in [3.8, 4) is 11.1 Å². The van der Waals surface area contributed by atoms with Gasteiger partial charge in [-0.2, -0.15) is 0 Å². The third-order valence-corrected chi connectivity index (χ3v) is 49.7. The normalized spacial score (nSPS) is 15.0. The van der Waals surface area contributed by atoms with Gasteiger partial charge in [-0.1, -0.05) is 207 Å². The Hall–Kier alpha value is -0.504. The van der Waals surface area contributed by atoms with Gasteiger partial charge in [-0.05, 0) is 0 Å². The standard InChI is InChI=1S/C84H137N4Se2.3C4H9.3CH3.2Sn/c1-5-9-13-17-21-25-29-33-37-41-45-49-53-57-65-83(66-58-54-50-46-42-38-34-30-26-22-18-14-10-6-2)73-61-63-77(85)81(86-89)79(73)71-69-76-72(70-75(71)83)80-74(62-64-78-82(80)88-90-87-78)84(76,67-59-55-51-47-43-39-35-31-27-23-19-15-11-7-3)68-60-56-52-48-44-40-36-32-28-24-20-16-12-8-4;3*1-3-4-2;;;;;/h61-62,69-70,85H,5-60,65-68H2,1-4H3;3*1,3-4H2,2H3;3*1H3;;/b85-77?,86-81+;;;;;;;;. The first-order chi connectivity index (χ1) is 52.4. The van der Waals surface area contributed by atoms with Gasteiger partial charge in [-0.15, -0.1) is 0 Å². The molecule has 0 fully saturated rings. The van der Waals surface area contributed by atoms with E-state index in [-0.39, 0.29) is 25.8 Å². The summed E-state index contributed by atoms with van der Waals surface area (Å²) in [6, 6.07) is 8.68. The van der Waals surface area contributed by atoms with E-state index in [1.807, 2.05) is 0 Å². The number of hydrogen-bond donors (Lipinski definition) is 1. The number of fused-ring (bicyclic) bond motifs is 7. The van der Waals surface area contributed by atoms with Gasteiger partial charge in [0.25, 0.3) is 0 Å². The number of nitrogens with zero attached hydrogens (tertiary/aromatic N) is 3. The first-order valence-corrected chi connectivity index (χ1v) is 68.0. The van der Waals surface area contributed by atoms with Crippen LogP contribution in [-0.2, 0) is 10.8 Å². The predicted octanol–water partition coefficient (Wildman–Crippen LogP) is 32.9. The minimum Gasteiger partial charge on any atom is -0.0654 e. The molecule has 1 radical (unpaired) electrons. The van der Waals surface area contributed by atoms with Gasteiger partial charge in [-0.3, -0.25) is 0 Å². The fourth-order valence-electron chi connectivity index (χ4n) is 20.2. The molecule has 0 saturated heterocycles. The van der Waals surface area contributed by atoms with Crippen LogP contribution in [0.4, 0.5) is 0 Å². The topological polar surface area (TPSA) is 62.0 Å². The van der Waals surface area contributed by atoms with E-state index in [0.29, 0.717) is 0 Å². The maximum atomic E-state index is 11.0. The first-order valence-electron chi connectivity index (χ1n) is 48.2. The SMILES string of the molecule is CCCCCCCCCCCCCCCCC1(CCCCCCCCCCCCCCCC)C2=C(/C(=N/[Se])C(=N)[C]([Sn]([CH2]CCC)([CH2]CCC)[CH2]CCC)=C2)c2cc3c(cc21)-c1c(c[c]([Sn]([CH3])([CH3])[CH3])c2n[se]nc12)C3(CCCCCCCCCCCCCCCC)CCCCCCCCCCCCCCCC. The van der Waals surface area contributed by atoms with Crippen molar-refractivity contribution in [2.75, 3.05) is 0 Å². The molecule has 0 bridgehead atoms. The van der Waals surface area contributed by atoms with E-state index in [4.69, 9.17) is 12.0 Å². The van der Waals surface area contributed by atoms with Gasteiger partial charge in [0, 0.05) is 0 Å². The van der Waals surface area contributed by atoms with Crippen molar-refractivity contribution in [1.29, 1.82) is 5.41 Å². The zero-order valence-corrected chi connectivity index (χ0v) is 81.9. The number of rotatable bonds is 71. The van der Waals surface area contributed by atoms with Crippen molar-refractivity contribution in [3.05, 3.63) is 55.7 Å². The Labute approximate surface area is 688 Å². The Balaban J connectivity index is 1.47. The molecule has 107 heavy (non-hydrogen) atoms. The molecule has 3 aromatic rings. The molecule has 2 aromatic carbocycles. The molecule has 0 unspecified atom stereocenters. The number of hydrogen-bond acceptors (Lipinski definition) is 4. The summed E-state index contributed by atoms with van der Waals surface area (Å²) in [6.45, 7) is 16.7. The Morgan fingerprint density at radius 1 is 0.346 bits per heavy atom. The summed E-state index contributed by atoms with van der Waals surface area (Å²) in [5.74, 6) is 0. The Morgan fingerprint density at radius 3 is 0.935 bits per heavy atom. The molecule has 3 aliphatic carbocycles. The summed E-state index contributed by atoms with van der Waals surface area (Å²) in [6.07, 6.45) is 93.6. The van der Waals surface area contributed by atoms with Crippen LogP contribution < -0.4 is 3.58 Å². The van der Waals surface area contributed by atoms with E-state index in [1.54, 1.807) is 35.0 Å². The second-order valence-corrected chi connectivity index (χ2v) is 65.8. The van der Waals surface area contributed by atoms with Crippen LogP contribution in [-0.4, -0.2) is 87.3 Å². The molecular weight excluding hydrogens is 1640 g/mol. The number of aromatic nitrogens is 2. The van der Waals surface area contributed by atoms with Gasteiger partial charge in [0.05, 0.1) is 0 Å². The van der Waals surface area contributed by atoms with Crippen molar-refractivity contribution in [2.45, 2.75) is 511 Å². The molecule has 0 amide bonds. The third kappa shape index (κ3) is 31.1. The average Bonchev–Trinajstić information content (AvgIpc) is 1.52. The van der Waals surface area contributed by atoms with Crippen LogP contribution in [0.2, 0.25) is 28.1 Å². The molecule has 0 atom stereocenters. The second kappa shape index (κ2) is 56.7. The maximum absolute atomic E-state index is 11.0. The van der Waals surface area contributed by atoms with Crippen molar-refractivity contribution in [3.63, 3.8) is 0 Å². The summed E-state index contributed by atoms with van der Waals surface area (Å²) < 4.78 is 24.1. The molecule has 609 valence electrons. The minimum atomic E-state index is -3.25. The van der Waals surface area contributed by atoms with Gasteiger partial charge in [-0.25, -0.2) is 0 Å². The number of unbranched alkanes of at least 4 members (excludes halogenated alkanes) is 55. The molecule has 1 N–H and O–H groups in total. The summed E-state index contributed by atoms with van der Waals surface area (Å²) >= 11 is -2.77. The quantitative estimate of drug-likeness (QED) is 0.0348. The van der Waals surface area contributed by atoms with E-state index < -0.39 is 36.8 Å². The Morgan fingerprint density at radius 2 is 0.626 bits per heavy atom. The van der Waals surface area contributed by atoms with Crippen molar-refractivity contribution < 1.29 is 0 Å². The summed E-state index contributed by atoms with van der Waals surface area (Å²) in [5, 5.41) is 11.0. The predicted molar refractivity (Wildman–Crippen MR) is 488 cm³/mol. The molecule has 0 spiro atoms. The molecule has 1 aromatic heterocycles. The van der Waals surface area contributed by atoms with Crippen molar-refractivity contribution in [2.24, 2.45) is 4.01 Å². The molecule has 4 nitrogen and oxygen atoms in total. The zero-order chi connectivity index (χ0) is 76.5. The molecule has 8 heteroatoms. The van der Waals surface area contributed by atoms with E-state index >= 15 is 0 Å². The van der Waals surface area contributed by atoms with Crippen molar-refractivity contribution in [1.82, 2.24) is 7.96 Å². The van der Waals surface area contributed by atoms with Crippen LogP contribution in [0.3, 0.4) is 0 Å². The van der Waals surface area contributed by atoms with Crippen LogP contribution in [0.5, 0.6) is 0 Å². The van der Waals surface area contributed by atoms with Crippen LogP contribution in [0.1, 0.15) is 494 Å². The van der Waals surface area contributed by atoms with Gasteiger partial charge < -0.3 is 0 Å². The Bertz CT molecular complexity index is 2850. The number of allylic oxidation sites excluding steroid dienone is 4. The fraction of sp³-hybridized carbons (Fsp3) is 0.818. The zero-order valence-electron chi connectivity index (χ0n) is 72.8. The van der Waals surface area contributed by atoms with Crippen LogP contribution in [0.25, 0.3) is 27.7 Å². The van der Waals surface area contributed by atoms with Crippen molar-refractivity contribution >= 4 is 99.6 Å². The number of nitrogens with one attached hydrogen (secondary N) is 1. The van der Waals surface area contributed by atoms with Gasteiger partial charge >= 0.3 is 487 Å². The summed E-state index contributed by atoms with van der Waals surface area (Å²) in [5.41, 5.74) is 16.7. The molecule has 0 aliphatic heterocycles. The summed E-state index contributed by atoms with van der Waals surface area (Å²) in [7, 11) is 0. The van der Waals surface area contributed by atoms with Crippen LogP contribution in [0.15, 0.2) is 37.4 Å². The number of benzene rings is 2. The average molecular weight is 1810 g/mol. The monoisotopic (exact) mass is 1820 g/mol. The van der Waals surface area contributed by atoms with Gasteiger partial charge in [0.15, 0.2) is 0 Å². The van der Waals surface area contributed by atoms with E-state index in [9.17, 15) is 5.41 Å². The second-order valence-electron chi connectivity index (χ2n) is 36.8. The van der Waals surface area contributed by atoms with Gasteiger partial charge in [0.1, 0.15) is 0 Å². The van der Waals surface area contributed by atoms with Crippen LogP contribution >= 0.6 is 0 Å². The fourth-order valence-corrected chi connectivity index (χ4v) is 42.9. The van der Waals surface area contributed by atoms with E-state index in [2.05, 4.69) is 104 Å². The molecule has 6 rings (SSSR count). The first kappa shape index (κ1) is 95.3. The molecule has 1 heterocycles. The minimum absolute atomic E-state index is 0.0832. The smallest absolute Gasteiger partial charge is 0.0654 e. The Kier molecular flexibility index (Phi) is 50.6. The molecule has 0 saturated carbocycles. The van der Waals surface area contributed by atoms with Gasteiger partial charge in [0.2, 0.25) is 0 Å².